The molecule has 0 amide bonds. The third-order valence-corrected chi connectivity index (χ3v) is 3.14. The van der Waals surface area contributed by atoms with Crippen LogP contribution in [-0.4, -0.2) is 16.9 Å². The molecule has 0 aliphatic rings. The maximum Gasteiger partial charge on any atom is 0.266 e. The van der Waals surface area contributed by atoms with Crippen LogP contribution in [0.1, 0.15) is 4.88 Å². The smallest absolute Gasteiger partial charge is 0.266 e. The van der Waals surface area contributed by atoms with Crippen LogP contribution in [0.4, 0.5) is 0 Å². The first kappa shape index (κ1) is 10.9. The summed E-state index contributed by atoms with van der Waals surface area (Å²) in [5.74, 6) is 0.464. The molecule has 16 heavy (non-hydrogen) atoms. The van der Waals surface area contributed by atoms with Crippen LogP contribution in [-0.2, 0) is 13.0 Å². The lowest BCUT2D eigenvalue weighted by molar-refractivity contribution is 0.375. The standard InChI is InChI=1S/C11H12N2O2S/c1-15-10-4-5-11(14)13(12-10)7-6-9-3-2-8-16-9/h2-5,8H,6-7H2,1H3. The first-order valence-electron chi connectivity index (χ1n) is 4.94. The average molecular weight is 236 g/mol. The van der Waals surface area contributed by atoms with Gasteiger partial charge in [-0.15, -0.1) is 16.4 Å². The molecular formula is C11H12N2O2S. The summed E-state index contributed by atoms with van der Waals surface area (Å²) in [4.78, 5) is 12.7. The van der Waals surface area contributed by atoms with Gasteiger partial charge in [0.25, 0.3) is 5.56 Å². The number of ether oxygens (including phenoxy) is 1. The molecule has 0 saturated heterocycles. The van der Waals surface area contributed by atoms with Gasteiger partial charge in [-0.1, -0.05) is 6.07 Å². The fraction of sp³-hybridized carbons (Fsp3) is 0.273. The SMILES string of the molecule is COc1ccc(=O)n(CCc2cccs2)n1. The molecule has 0 spiro atoms. The summed E-state index contributed by atoms with van der Waals surface area (Å²) in [6, 6.07) is 7.10. The highest BCUT2D eigenvalue weighted by Gasteiger charge is 2.01. The zero-order valence-corrected chi connectivity index (χ0v) is 9.74. The van der Waals surface area contributed by atoms with Gasteiger partial charge >= 0.3 is 0 Å². The highest BCUT2D eigenvalue weighted by atomic mass is 32.1. The topological polar surface area (TPSA) is 44.1 Å². The Morgan fingerprint density at radius 2 is 2.31 bits per heavy atom. The zero-order chi connectivity index (χ0) is 11.4. The molecule has 0 fully saturated rings. The molecule has 0 radical (unpaired) electrons. The quantitative estimate of drug-likeness (QED) is 0.809. The number of nitrogens with zero attached hydrogens (tertiary/aromatic N) is 2. The maximum absolute atomic E-state index is 11.5. The first-order chi connectivity index (χ1) is 7.79. The molecule has 0 aromatic carbocycles. The van der Waals surface area contributed by atoms with Gasteiger partial charge in [-0.05, 0) is 11.4 Å². The van der Waals surface area contributed by atoms with E-state index in [-0.39, 0.29) is 5.56 Å². The molecule has 5 heteroatoms. The van der Waals surface area contributed by atoms with Gasteiger partial charge in [0.2, 0.25) is 5.88 Å². The third kappa shape index (κ3) is 2.49. The second-order valence-electron chi connectivity index (χ2n) is 3.27. The van der Waals surface area contributed by atoms with E-state index >= 15 is 0 Å². The van der Waals surface area contributed by atoms with Crippen molar-refractivity contribution >= 4 is 11.3 Å². The van der Waals surface area contributed by atoms with Gasteiger partial charge in [0.05, 0.1) is 7.11 Å². The Balaban J connectivity index is 2.11. The number of thiophene rings is 1. The lowest BCUT2D eigenvalue weighted by Crippen LogP contribution is -2.22. The summed E-state index contributed by atoms with van der Waals surface area (Å²) >= 11 is 1.68. The van der Waals surface area contributed by atoms with E-state index in [0.29, 0.717) is 12.4 Å². The van der Waals surface area contributed by atoms with E-state index in [0.717, 1.165) is 6.42 Å². The number of aryl methyl sites for hydroxylation is 2. The second-order valence-corrected chi connectivity index (χ2v) is 4.30. The Morgan fingerprint density at radius 1 is 1.44 bits per heavy atom. The lowest BCUT2D eigenvalue weighted by Gasteiger charge is -2.04. The lowest BCUT2D eigenvalue weighted by atomic mass is 10.3. The molecule has 4 nitrogen and oxygen atoms in total. The normalized spacial score (nSPS) is 10.3. The van der Waals surface area contributed by atoms with Crippen molar-refractivity contribution in [1.82, 2.24) is 9.78 Å². The summed E-state index contributed by atoms with van der Waals surface area (Å²) in [6.45, 7) is 0.580. The van der Waals surface area contributed by atoms with Gasteiger partial charge < -0.3 is 4.74 Å². The van der Waals surface area contributed by atoms with Gasteiger partial charge in [-0.2, -0.15) is 0 Å². The number of hydrogen-bond donors (Lipinski definition) is 0. The van der Waals surface area contributed by atoms with Crippen molar-refractivity contribution in [3.63, 3.8) is 0 Å². The Labute approximate surface area is 97.1 Å². The van der Waals surface area contributed by atoms with Crippen LogP contribution in [0.15, 0.2) is 34.4 Å². The van der Waals surface area contributed by atoms with Gasteiger partial charge in [-0.25, -0.2) is 4.68 Å². The molecule has 0 unspecified atom stereocenters. The van der Waals surface area contributed by atoms with Crippen LogP contribution in [0.3, 0.4) is 0 Å². The van der Waals surface area contributed by atoms with Crippen LogP contribution in [0.25, 0.3) is 0 Å². The molecule has 2 aromatic heterocycles. The Bertz CT molecular complexity index is 505. The van der Waals surface area contributed by atoms with Crippen molar-refractivity contribution in [1.29, 1.82) is 0 Å². The fourth-order valence-corrected chi connectivity index (χ4v) is 2.07. The second kappa shape index (κ2) is 4.94. The van der Waals surface area contributed by atoms with E-state index < -0.39 is 0 Å². The molecule has 0 N–H and O–H groups in total. The number of methoxy groups -OCH3 is 1. The monoisotopic (exact) mass is 236 g/mol. The predicted octanol–water partition coefficient (Wildman–Crippen LogP) is 1.56. The molecule has 2 heterocycles. The van der Waals surface area contributed by atoms with Gasteiger partial charge in [-0.3, -0.25) is 4.79 Å². The maximum atomic E-state index is 11.5. The molecule has 2 aromatic rings. The zero-order valence-electron chi connectivity index (χ0n) is 8.92. The molecular weight excluding hydrogens is 224 g/mol. The van der Waals surface area contributed by atoms with Crippen LogP contribution >= 0.6 is 11.3 Å². The van der Waals surface area contributed by atoms with Crippen LogP contribution < -0.4 is 10.3 Å². The van der Waals surface area contributed by atoms with E-state index in [2.05, 4.69) is 11.2 Å². The van der Waals surface area contributed by atoms with Crippen molar-refractivity contribution < 1.29 is 4.74 Å². The van der Waals surface area contributed by atoms with Crippen molar-refractivity contribution in [2.24, 2.45) is 0 Å². The molecule has 0 saturated carbocycles. The van der Waals surface area contributed by atoms with E-state index in [4.69, 9.17) is 4.74 Å². The summed E-state index contributed by atoms with van der Waals surface area (Å²) in [7, 11) is 1.54. The van der Waals surface area contributed by atoms with Gasteiger partial charge in [0.15, 0.2) is 0 Å². The highest BCUT2D eigenvalue weighted by molar-refractivity contribution is 7.09. The Hall–Kier alpha value is -1.62. The molecule has 84 valence electrons. The van der Waals surface area contributed by atoms with Crippen LogP contribution in [0.2, 0.25) is 0 Å². The molecule has 2 rings (SSSR count). The predicted molar refractivity (Wildman–Crippen MR) is 63.1 cm³/mol. The number of aromatic nitrogens is 2. The summed E-state index contributed by atoms with van der Waals surface area (Å²) in [5, 5.41) is 6.10. The Kier molecular flexibility index (Phi) is 3.36. The van der Waals surface area contributed by atoms with Crippen molar-refractivity contribution in [2.75, 3.05) is 7.11 Å². The summed E-state index contributed by atoms with van der Waals surface area (Å²) < 4.78 is 6.41. The Morgan fingerprint density at radius 3 is 3.00 bits per heavy atom. The van der Waals surface area contributed by atoms with E-state index in [1.165, 1.54) is 22.7 Å². The van der Waals surface area contributed by atoms with Gasteiger partial charge in [0.1, 0.15) is 0 Å². The molecule has 0 aliphatic heterocycles. The van der Waals surface area contributed by atoms with E-state index in [9.17, 15) is 4.79 Å². The number of rotatable bonds is 4. The minimum absolute atomic E-state index is 0.0997. The summed E-state index contributed by atoms with van der Waals surface area (Å²) in [6.07, 6.45) is 0.817. The average Bonchev–Trinajstić information content (AvgIpc) is 2.81. The molecule has 0 atom stereocenters. The van der Waals surface area contributed by atoms with Crippen LogP contribution in [0.5, 0.6) is 5.88 Å². The third-order valence-electron chi connectivity index (χ3n) is 2.20. The highest BCUT2D eigenvalue weighted by Crippen LogP contribution is 2.09. The van der Waals surface area contributed by atoms with Gasteiger partial charge in [0, 0.05) is 30.0 Å². The molecule has 0 aliphatic carbocycles. The number of hydrogen-bond acceptors (Lipinski definition) is 4. The van der Waals surface area contributed by atoms with E-state index in [1.807, 2.05) is 11.4 Å². The van der Waals surface area contributed by atoms with E-state index in [1.54, 1.807) is 17.4 Å². The van der Waals surface area contributed by atoms with Crippen molar-refractivity contribution in [3.05, 3.63) is 44.9 Å². The van der Waals surface area contributed by atoms with Crippen molar-refractivity contribution in [2.45, 2.75) is 13.0 Å². The largest absolute Gasteiger partial charge is 0.480 e. The summed E-state index contributed by atoms with van der Waals surface area (Å²) in [5.41, 5.74) is -0.0997. The van der Waals surface area contributed by atoms with Crippen molar-refractivity contribution in [3.8, 4) is 5.88 Å². The minimum atomic E-state index is -0.0997. The molecule has 0 bridgehead atoms. The fourth-order valence-electron chi connectivity index (χ4n) is 1.37. The minimum Gasteiger partial charge on any atom is -0.480 e. The first-order valence-corrected chi connectivity index (χ1v) is 5.82. The van der Waals surface area contributed by atoms with Crippen LogP contribution in [0, 0.1) is 0 Å².